The molecule has 2 nitrogen and oxygen atoms in total. The number of nitrogens with zero attached hydrogens (tertiary/aromatic N) is 2. The van der Waals surface area contributed by atoms with Gasteiger partial charge in [-0.15, -0.1) is 0 Å². The number of nitriles is 2. The van der Waals surface area contributed by atoms with Gasteiger partial charge in [-0.05, 0) is 0 Å². The van der Waals surface area contributed by atoms with Gasteiger partial charge in [0.05, 0.1) is 0 Å². The SMILES string of the molecule is N#CC(C#N)=C([Se][K])[Se][K]. The molecule has 0 atom stereocenters. The molecule has 0 aliphatic carbocycles. The fourth-order valence-electron chi connectivity index (χ4n) is 0.404. The number of hydrogen-bond donors (Lipinski definition) is 0. The average Bonchev–Trinajstić information content (AvgIpc) is 2.00. The van der Waals surface area contributed by atoms with Crippen LogP contribution in [0.15, 0.2) is 8.94 Å². The van der Waals surface area contributed by atoms with Gasteiger partial charge in [-0.25, -0.2) is 0 Å². The van der Waals surface area contributed by atoms with Crippen molar-refractivity contribution in [2.45, 2.75) is 0 Å². The molecule has 0 saturated carbocycles. The fraction of sp³-hybridized carbons (Fsp3) is 0. The topological polar surface area (TPSA) is 47.6 Å². The molecule has 0 saturated heterocycles. The van der Waals surface area contributed by atoms with E-state index in [1.165, 1.54) is 3.37 Å². The van der Waals surface area contributed by atoms with Gasteiger partial charge in [-0.2, -0.15) is 0 Å². The maximum atomic E-state index is 8.49. The molecule has 0 spiro atoms. The Balaban J connectivity index is 4.62. The third-order valence-corrected chi connectivity index (χ3v) is 24.2. The van der Waals surface area contributed by atoms with Crippen LogP contribution in [-0.2, 0) is 0 Å². The number of allylic oxidation sites excluding steroid dienone is 1. The summed E-state index contributed by atoms with van der Waals surface area (Å²) in [5, 5.41) is 17.0. The first kappa shape index (κ1) is 13.0. The van der Waals surface area contributed by atoms with Crippen LogP contribution in [0.5, 0.6) is 0 Å². The van der Waals surface area contributed by atoms with E-state index in [0.29, 0.717) is 16.8 Å². The van der Waals surface area contributed by atoms with Crippen molar-refractivity contribution < 1.29 is 0 Å². The van der Waals surface area contributed by atoms with E-state index in [1.54, 1.807) is 0 Å². The second kappa shape index (κ2) is 8.62. The van der Waals surface area contributed by atoms with Crippen molar-refractivity contribution >= 4 is 102 Å². The van der Waals surface area contributed by atoms with Crippen LogP contribution in [0.25, 0.3) is 0 Å². The van der Waals surface area contributed by atoms with E-state index in [0.717, 1.165) is 90.8 Å². The van der Waals surface area contributed by atoms with E-state index < -0.39 is 0 Å². The van der Waals surface area contributed by atoms with Crippen molar-refractivity contribution in [3.05, 3.63) is 8.94 Å². The third kappa shape index (κ3) is 4.91. The predicted octanol–water partition coefficient (Wildman–Crippen LogP) is -1.18. The summed E-state index contributed by atoms with van der Waals surface area (Å²) < 4.78 is 1.24. The minimum atomic E-state index is 0.432. The zero-order valence-corrected chi connectivity index (χ0v) is 15.4. The Morgan fingerprint density at radius 1 is 1.10 bits per heavy atom. The quantitative estimate of drug-likeness (QED) is 0.476. The van der Waals surface area contributed by atoms with Gasteiger partial charge in [0.15, 0.2) is 0 Å². The molecule has 0 aromatic carbocycles. The van der Waals surface area contributed by atoms with E-state index in [9.17, 15) is 0 Å². The zero-order valence-electron chi connectivity index (χ0n) is 5.71. The van der Waals surface area contributed by atoms with Crippen molar-refractivity contribution in [3.63, 3.8) is 0 Å². The molecule has 40 valence electrons. The molecule has 0 aliphatic rings. The standard InChI is InChI=1S/C4H2N2Se2.2K/c5-1-3(2-6)4(7)8;;/h7-8H;;/q;2*+1/p-2. The zero-order chi connectivity index (χ0) is 7.98. The summed E-state index contributed by atoms with van der Waals surface area (Å²) in [6.45, 7) is 0. The normalized spacial score (nSPS) is 7.80. The molecular weight excluding hydrogens is 312 g/mol. The Hall–Kier alpha value is 3.03. The molecule has 0 fully saturated rings. The van der Waals surface area contributed by atoms with Crippen molar-refractivity contribution in [1.29, 1.82) is 10.5 Å². The fourth-order valence-corrected chi connectivity index (χ4v) is 43.1. The number of hydrogen-bond acceptors (Lipinski definition) is 2. The molecular formula is C4K2N2Se2. The van der Waals surface area contributed by atoms with Gasteiger partial charge < -0.3 is 0 Å². The molecule has 0 radical (unpaired) electrons. The maximum absolute atomic E-state index is 8.49. The Morgan fingerprint density at radius 3 is 1.60 bits per heavy atom. The Bertz CT molecular complexity index is 202. The van der Waals surface area contributed by atoms with Crippen LogP contribution in [0.3, 0.4) is 0 Å². The summed E-state index contributed by atoms with van der Waals surface area (Å²) in [6, 6.07) is 3.93. The summed E-state index contributed by atoms with van der Waals surface area (Å²) in [5.74, 6) is 0. The van der Waals surface area contributed by atoms with E-state index in [2.05, 4.69) is 0 Å². The van der Waals surface area contributed by atoms with Gasteiger partial charge in [-0.1, -0.05) is 0 Å². The summed E-state index contributed by atoms with van der Waals surface area (Å²) in [5.41, 5.74) is 1.56. The van der Waals surface area contributed by atoms with Crippen molar-refractivity contribution in [2.75, 3.05) is 0 Å². The molecule has 0 amide bonds. The van der Waals surface area contributed by atoms with Gasteiger partial charge in [0, 0.05) is 0 Å². The van der Waals surface area contributed by atoms with Gasteiger partial charge in [0.2, 0.25) is 0 Å². The van der Waals surface area contributed by atoms with Gasteiger partial charge in [0.1, 0.15) is 0 Å². The minimum absolute atomic E-state index is 0.432. The molecule has 0 rings (SSSR count). The number of rotatable bonds is 2. The van der Waals surface area contributed by atoms with E-state index in [-0.39, 0.29) is 0 Å². The van der Waals surface area contributed by atoms with Crippen LogP contribution in [0.4, 0.5) is 0 Å². The van der Waals surface area contributed by atoms with Crippen LogP contribution in [0.2, 0.25) is 0 Å². The molecule has 0 unspecified atom stereocenters. The van der Waals surface area contributed by atoms with Crippen molar-refractivity contribution in [3.8, 4) is 12.1 Å². The monoisotopic (exact) mass is 314 g/mol. The molecule has 0 aromatic heterocycles. The van der Waals surface area contributed by atoms with Crippen LogP contribution in [0, 0.1) is 22.7 Å². The van der Waals surface area contributed by atoms with E-state index >= 15 is 0 Å². The van der Waals surface area contributed by atoms with E-state index in [1.807, 2.05) is 12.1 Å². The third-order valence-electron chi connectivity index (χ3n) is 0.799. The first-order valence-corrected chi connectivity index (χ1v) is 20.8. The molecule has 10 heavy (non-hydrogen) atoms. The van der Waals surface area contributed by atoms with Crippen LogP contribution in [-0.4, -0.2) is 102 Å². The van der Waals surface area contributed by atoms with Gasteiger partial charge in [-0.3, -0.25) is 0 Å². The summed E-state index contributed by atoms with van der Waals surface area (Å²) in [4.78, 5) is 0. The molecule has 0 aromatic rings. The van der Waals surface area contributed by atoms with Crippen LogP contribution < -0.4 is 0 Å². The summed E-state index contributed by atoms with van der Waals surface area (Å²) >= 11 is 1.63. The summed E-state index contributed by atoms with van der Waals surface area (Å²) in [7, 11) is 0. The first-order chi connectivity index (χ1) is 4.79. The Morgan fingerprint density at radius 2 is 1.50 bits per heavy atom. The first-order valence-electron chi connectivity index (χ1n) is 2.42. The Labute approximate surface area is 129 Å². The van der Waals surface area contributed by atoms with Crippen molar-refractivity contribution in [2.24, 2.45) is 0 Å². The van der Waals surface area contributed by atoms with Crippen LogP contribution >= 0.6 is 0 Å². The molecule has 0 bridgehead atoms. The van der Waals surface area contributed by atoms with Crippen molar-refractivity contribution in [1.82, 2.24) is 0 Å². The predicted molar refractivity (Wildman–Crippen MR) is 41.3 cm³/mol. The molecule has 0 aliphatic heterocycles. The second-order valence-corrected chi connectivity index (χ2v) is 12.7. The van der Waals surface area contributed by atoms with Crippen LogP contribution in [0.1, 0.15) is 0 Å². The molecule has 6 heteroatoms. The molecule has 0 N–H and O–H groups in total. The van der Waals surface area contributed by atoms with Gasteiger partial charge >= 0.3 is 134 Å². The van der Waals surface area contributed by atoms with E-state index in [4.69, 9.17) is 10.5 Å². The van der Waals surface area contributed by atoms with Gasteiger partial charge in [0.25, 0.3) is 0 Å². The Kier molecular flexibility index (Phi) is 11.2. The average molecular weight is 312 g/mol. The molecule has 0 heterocycles. The second-order valence-electron chi connectivity index (χ2n) is 1.29. The summed E-state index contributed by atoms with van der Waals surface area (Å²) in [6.07, 6.45) is 0.